The Morgan fingerprint density at radius 1 is 1.17 bits per heavy atom. The van der Waals surface area contributed by atoms with Crippen LogP contribution in [0.25, 0.3) is 0 Å². The Hall–Kier alpha value is -2.57. The van der Waals surface area contributed by atoms with E-state index in [1.807, 2.05) is 42.2 Å². The van der Waals surface area contributed by atoms with Gasteiger partial charge in [-0.25, -0.2) is 0 Å². The predicted molar refractivity (Wildman–Crippen MR) is 133 cm³/mol. The molecule has 1 spiro atoms. The second-order valence-corrected chi connectivity index (χ2v) is 11.6. The summed E-state index contributed by atoms with van der Waals surface area (Å²) in [7, 11) is 0. The number of phenols is 1. The van der Waals surface area contributed by atoms with E-state index >= 15 is 0 Å². The molecule has 5 atom stereocenters. The van der Waals surface area contributed by atoms with Gasteiger partial charge in [0.25, 0.3) is 0 Å². The van der Waals surface area contributed by atoms with Crippen LogP contribution in [0.15, 0.2) is 36.4 Å². The van der Waals surface area contributed by atoms with Crippen LogP contribution >= 0.6 is 0 Å². The molecule has 184 valence electrons. The molecule has 2 heterocycles. The zero-order valence-corrected chi connectivity index (χ0v) is 20.5. The van der Waals surface area contributed by atoms with E-state index in [4.69, 9.17) is 4.74 Å². The number of anilines is 1. The largest absolute Gasteiger partial charge is 0.504 e. The van der Waals surface area contributed by atoms with Gasteiger partial charge in [-0.1, -0.05) is 24.3 Å². The molecule has 0 aromatic heterocycles. The first kappa shape index (κ1) is 21.7. The van der Waals surface area contributed by atoms with E-state index < -0.39 is 17.1 Å². The van der Waals surface area contributed by atoms with Gasteiger partial charge in [-0.15, -0.1) is 0 Å². The van der Waals surface area contributed by atoms with E-state index in [2.05, 4.69) is 4.90 Å². The molecule has 0 unspecified atom stereocenters. The van der Waals surface area contributed by atoms with Gasteiger partial charge >= 0.3 is 0 Å². The molecule has 6 heteroatoms. The van der Waals surface area contributed by atoms with Crippen LogP contribution in [-0.2, 0) is 16.6 Å². The summed E-state index contributed by atoms with van der Waals surface area (Å²) in [6, 6.07) is 11.6. The van der Waals surface area contributed by atoms with E-state index in [0.717, 1.165) is 48.7 Å². The molecule has 2 saturated carbocycles. The minimum absolute atomic E-state index is 0.0197. The zero-order valence-electron chi connectivity index (χ0n) is 20.5. The summed E-state index contributed by atoms with van der Waals surface area (Å²) in [5.41, 5.74) is 2.56. The zero-order chi connectivity index (χ0) is 24.1. The number of benzene rings is 2. The van der Waals surface area contributed by atoms with Gasteiger partial charge in [0.05, 0.1) is 17.1 Å². The van der Waals surface area contributed by atoms with Crippen molar-refractivity contribution in [2.24, 2.45) is 5.92 Å². The summed E-state index contributed by atoms with van der Waals surface area (Å²) >= 11 is 0. The molecule has 7 rings (SSSR count). The molecular formula is C29H34N2O4. The fourth-order valence-electron chi connectivity index (χ4n) is 8.14. The van der Waals surface area contributed by atoms with Crippen molar-refractivity contribution < 1.29 is 19.7 Å². The number of aliphatic hydroxyl groups is 1. The van der Waals surface area contributed by atoms with Crippen LogP contribution in [0.5, 0.6) is 11.5 Å². The highest BCUT2D eigenvalue weighted by Crippen LogP contribution is 2.66. The molecule has 5 aliphatic rings. The summed E-state index contributed by atoms with van der Waals surface area (Å²) in [5.74, 6) is 1.40. The molecule has 3 aliphatic carbocycles. The lowest BCUT2D eigenvalue weighted by atomic mass is 9.48. The number of carbonyl (C=O) groups is 1. The standard InChI is InChI=1S/C29H34N2O4/c1-17-5-3-4-6-21(17)31(18(2)32)22-11-12-29(34)24-15-20-9-10-23(33)26-25(20)28(29,27(22)35-26)13-14-30(24)16-19-7-8-19/h3-6,9-10,19,22,24,27,33-34H,7-8,11-16H2,1-2H3/t22-,24-,27+,28+,29-/m1/s1. The van der Waals surface area contributed by atoms with Crippen molar-refractivity contribution in [3.8, 4) is 11.5 Å². The van der Waals surface area contributed by atoms with E-state index in [-0.39, 0.29) is 23.7 Å². The third kappa shape index (κ3) is 2.75. The van der Waals surface area contributed by atoms with Gasteiger partial charge in [0.15, 0.2) is 11.5 Å². The summed E-state index contributed by atoms with van der Waals surface area (Å²) in [5, 5.41) is 23.5. The van der Waals surface area contributed by atoms with Crippen LogP contribution < -0.4 is 9.64 Å². The van der Waals surface area contributed by atoms with Gasteiger partial charge in [-0.2, -0.15) is 0 Å². The minimum atomic E-state index is -0.943. The number of rotatable bonds is 4. The summed E-state index contributed by atoms with van der Waals surface area (Å²) < 4.78 is 6.69. The van der Waals surface area contributed by atoms with Crippen LogP contribution in [0.2, 0.25) is 0 Å². The van der Waals surface area contributed by atoms with Crippen LogP contribution in [-0.4, -0.2) is 57.9 Å². The maximum Gasteiger partial charge on any atom is 0.224 e. The van der Waals surface area contributed by atoms with Gasteiger partial charge < -0.3 is 19.8 Å². The van der Waals surface area contributed by atoms with Crippen molar-refractivity contribution in [2.75, 3.05) is 18.0 Å². The van der Waals surface area contributed by atoms with E-state index in [1.165, 1.54) is 18.4 Å². The van der Waals surface area contributed by atoms with Gasteiger partial charge in [0.1, 0.15) is 6.10 Å². The van der Waals surface area contributed by atoms with Gasteiger partial charge in [0, 0.05) is 30.8 Å². The lowest BCUT2D eigenvalue weighted by Crippen LogP contribution is -2.78. The average Bonchev–Trinajstić information content (AvgIpc) is 3.57. The topological polar surface area (TPSA) is 73.2 Å². The number of hydrogen-bond acceptors (Lipinski definition) is 5. The first-order chi connectivity index (χ1) is 16.8. The minimum Gasteiger partial charge on any atom is -0.504 e. The molecule has 1 amide bonds. The number of amides is 1. The Kier molecular flexibility index (Phi) is 4.48. The fourth-order valence-corrected chi connectivity index (χ4v) is 8.14. The van der Waals surface area contributed by atoms with Crippen molar-refractivity contribution in [1.82, 2.24) is 4.90 Å². The van der Waals surface area contributed by atoms with E-state index in [0.29, 0.717) is 18.6 Å². The molecule has 6 nitrogen and oxygen atoms in total. The van der Waals surface area contributed by atoms with Crippen LogP contribution in [0.3, 0.4) is 0 Å². The SMILES string of the molecule is CC(=O)N(c1ccccc1C)[C@@H]1CC[C@@]2(O)[C@H]3Cc4ccc(O)c5c4[C@@]2(CCN3CC2CC2)[C@H]1O5. The summed E-state index contributed by atoms with van der Waals surface area (Å²) in [6.07, 6.45) is 5.01. The number of nitrogens with zero attached hydrogens (tertiary/aromatic N) is 2. The number of aryl methyl sites for hydroxylation is 1. The maximum atomic E-state index is 13.2. The number of ether oxygens (including phenoxy) is 1. The number of carbonyl (C=O) groups excluding carboxylic acids is 1. The monoisotopic (exact) mass is 474 g/mol. The van der Waals surface area contributed by atoms with E-state index in [1.54, 1.807) is 13.0 Å². The number of para-hydroxylation sites is 1. The first-order valence-corrected chi connectivity index (χ1v) is 13.2. The molecule has 35 heavy (non-hydrogen) atoms. The second kappa shape index (κ2) is 7.23. The van der Waals surface area contributed by atoms with Crippen molar-refractivity contribution in [3.05, 3.63) is 53.1 Å². The molecule has 2 aliphatic heterocycles. The lowest BCUT2D eigenvalue weighted by molar-refractivity contribution is -0.190. The maximum absolute atomic E-state index is 13.2. The smallest absolute Gasteiger partial charge is 0.224 e. The second-order valence-electron chi connectivity index (χ2n) is 11.6. The quantitative estimate of drug-likeness (QED) is 0.707. The third-order valence-electron chi connectivity index (χ3n) is 9.78. The molecule has 2 aromatic carbocycles. The molecule has 2 aromatic rings. The third-order valence-corrected chi connectivity index (χ3v) is 9.78. The van der Waals surface area contributed by atoms with Crippen molar-refractivity contribution in [1.29, 1.82) is 0 Å². The normalized spacial score (nSPS) is 34.8. The highest BCUT2D eigenvalue weighted by atomic mass is 16.5. The Bertz CT molecular complexity index is 1230. The summed E-state index contributed by atoms with van der Waals surface area (Å²) in [4.78, 5) is 17.6. The van der Waals surface area contributed by atoms with Crippen molar-refractivity contribution in [3.63, 3.8) is 0 Å². The highest BCUT2D eigenvalue weighted by Gasteiger charge is 2.73. The fraction of sp³-hybridized carbons (Fsp3) is 0.552. The number of likely N-dealkylation sites (tertiary alicyclic amines) is 1. The Morgan fingerprint density at radius 2 is 1.97 bits per heavy atom. The predicted octanol–water partition coefficient (Wildman–Crippen LogP) is 3.69. The first-order valence-electron chi connectivity index (χ1n) is 13.2. The van der Waals surface area contributed by atoms with E-state index in [9.17, 15) is 15.0 Å². The summed E-state index contributed by atoms with van der Waals surface area (Å²) in [6.45, 7) is 5.62. The van der Waals surface area contributed by atoms with Crippen LogP contribution in [0.4, 0.5) is 5.69 Å². The number of piperidine rings is 1. The van der Waals surface area contributed by atoms with Crippen molar-refractivity contribution >= 4 is 11.6 Å². The number of aromatic hydroxyl groups is 1. The Labute approximate surface area is 206 Å². The van der Waals surface area contributed by atoms with Crippen LogP contribution in [0.1, 0.15) is 55.7 Å². The average molecular weight is 475 g/mol. The van der Waals surface area contributed by atoms with Gasteiger partial charge in [-0.05, 0) is 81.2 Å². The highest BCUT2D eigenvalue weighted by molar-refractivity contribution is 5.93. The van der Waals surface area contributed by atoms with Gasteiger partial charge in [-0.3, -0.25) is 9.69 Å². The Balaban J connectivity index is 1.39. The van der Waals surface area contributed by atoms with Crippen molar-refractivity contribution in [2.45, 2.75) is 81.6 Å². The number of phenolic OH excluding ortho intramolecular Hbond substituents is 1. The molecular weight excluding hydrogens is 440 g/mol. The molecule has 3 fully saturated rings. The van der Waals surface area contributed by atoms with Gasteiger partial charge in [0.2, 0.25) is 5.91 Å². The molecule has 0 radical (unpaired) electrons. The molecule has 2 N–H and O–H groups in total. The molecule has 1 saturated heterocycles. The Morgan fingerprint density at radius 3 is 2.71 bits per heavy atom. The number of hydrogen-bond donors (Lipinski definition) is 2. The molecule has 2 bridgehead atoms. The lowest BCUT2D eigenvalue weighted by Gasteiger charge is -2.64. The van der Waals surface area contributed by atoms with Crippen LogP contribution in [0, 0.1) is 12.8 Å².